The highest BCUT2D eigenvalue weighted by atomic mass is 19.1. The first-order chi connectivity index (χ1) is 19.5. The number of ether oxygens (including phenoxy) is 4. The van der Waals surface area contributed by atoms with Gasteiger partial charge in [0.1, 0.15) is 35.8 Å². The molecule has 2 aliphatic heterocycles. The van der Waals surface area contributed by atoms with Crippen LogP contribution in [0.15, 0.2) is 42.5 Å². The van der Waals surface area contributed by atoms with Gasteiger partial charge in [0.15, 0.2) is 0 Å². The summed E-state index contributed by atoms with van der Waals surface area (Å²) in [5.74, 6) is 2.13. The van der Waals surface area contributed by atoms with Crippen LogP contribution < -0.4 is 14.2 Å². The number of nitrogens with zero attached hydrogens (tertiary/aromatic N) is 2. The molecule has 7 nitrogen and oxygen atoms in total. The van der Waals surface area contributed by atoms with Crippen LogP contribution in [0.1, 0.15) is 56.7 Å². The molecule has 2 saturated heterocycles. The number of likely N-dealkylation sites (tertiary alicyclic amines) is 1. The molecular formula is C32H39FN2O5. The second-order valence-electron chi connectivity index (χ2n) is 10.7. The molecular weight excluding hydrogens is 511 g/mol. The van der Waals surface area contributed by atoms with Crippen LogP contribution in [0, 0.1) is 18.7 Å². The van der Waals surface area contributed by atoms with Crippen molar-refractivity contribution in [3.63, 3.8) is 0 Å². The molecule has 0 aliphatic carbocycles. The standard InChI is InChI=1S/C32H39FN2O5/c1-3-4-16-38-31-22(2)30(34-29-9-8-24(33)19-28(29)31)21-39-26-6-5-7-27(20-26)40-25-10-14-35(15-11-25)32(36)23-12-17-37-18-13-23/h5-9,19-20,23,25H,3-4,10-18,21H2,1-2H3. The van der Waals surface area contributed by atoms with E-state index in [0.717, 1.165) is 68.6 Å². The molecule has 1 aromatic heterocycles. The van der Waals surface area contributed by atoms with E-state index in [1.807, 2.05) is 36.1 Å². The first-order valence-electron chi connectivity index (χ1n) is 14.5. The normalized spacial score (nSPS) is 16.7. The molecule has 3 aromatic rings. The maximum absolute atomic E-state index is 14.0. The number of hydrogen-bond donors (Lipinski definition) is 0. The Morgan fingerprint density at radius 1 is 1.05 bits per heavy atom. The minimum Gasteiger partial charge on any atom is -0.493 e. The van der Waals surface area contributed by atoms with E-state index in [0.29, 0.717) is 42.2 Å². The summed E-state index contributed by atoms with van der Waals surface area (Å²) in [5, 5.41) is 0.674. The van der Waals surface area contributed by atoms with Crippen LogP contribution >= 0.6 is 0 Å². The monoisotopic (exact) mass is 550 g/mol. The molecule has 5 rings (SSSR count). The molecule has 0 unspecified atom stereocenters. The third kappa shape index (κ3) is 6.84. The molecule has 8 heteroatoms. The first kappa shape index (κ1) is 28.1. The SMILES string of the molecule is CCCCOc1c(C)c(COc2cccc(OC3CCN(C(=O)C4CCOCC4)CC3)c2)nc2ccc(F)cc12. The lowest BCUT2D eigenvalue weighted by molar-refractivity contribution is -0.140. The highest BCUT2D eigenvalue weighted by molar-refractivity contribution is 5.86. The predicted octanol–water partition coefficient (Wildman–Crippen LogP) is 6.24. The number of amides is 1. The van der Waals surface area contributed by atoms with Crippen LogP contribution in [0.4, 0.5) is 4.39 Å². The lowest BCUT2D eigenvalue weighted by Crippen LogP contribution is -2.45. The van der Waals surface area contributed by atoms with Crippen LogP contribution in [0.5, 0.6) is 17.2 Å². The number of unbranched alkanes of at least 4 members (excludes halogenated alkanes) is 1. The van der Waals surface area contributed by atoms with E-state index in [1.165, 1.54) is 12.1 Å². The number of fused-ring (bicyclic) bond motifs is 1. The molecule has 40 heavy (non-hydrogen) atoms. The van der Waals surface area contributed by atoms with Crippen molar-refractivity contribution in [1.82, 2.24) is 9.88 Å². The Bertz CT molecular complexity index is 1300. The van der Waals surface area contributed by atoms with Crippen LogP contribution in [0.25, 0.3) is 10.9 Å². The molecule has 0 bridgehead atoms. The van der Waals surface area contributed by atoms with Gasteiger partial charge in [0, 0.05) is 62.1 Å². The van der Waals surface area contributed by atoms with Gasteiger partial charge in [-0.25, -0.2) is 9.37 Å². The van der Waals surface area contributed by atoms with Gasteiger partial charge < -0.3 is 23.8 Å². The van der Waals surface area contributed by atoms with Crippen LogP contribution in [-0.4, -0.2) is 54.8 Å². The Morgan fingerprint density at radius 3 is 2.60 bits per heavy atom. The molecule has 214 valence electrons. The van der Waals surface area contributed by atoms with Gasteiger partial charge in [0.2, 0.25) is 5.91 Å². The number of hydrogen-bond acceptors (Lipinski definition) is 6. The van der Waals surface area contributed by atoms with Gasteiger partial charge in [-0.2, -0.15) is 0 Å². The topological polar surface area (TPSA) is 70.1 Å². The van der Waals surface area contributed by atoms with Crippen molar-refractivity contribution in [3.05, 3.63) is 59.5 Å². The Balaban J connectivity index is 1.20. The van der Waals surface area contributed by atoms with Gasteiger partial charge in [-0.3, -0.25) is 4.79 Å². The average Bonchev–Trinajstić information content (AvgIpc) is 2.98. The fourth-order valence-corrected chi connectivity index (χ4v) is 5.37. The van der Waals surface area contributed by atoms with Crippen molar-refractivity contribution in [2.45, 2.75) is 65.1 Å². The molecule has 0 saturated carbocycles. The summed E-state index contributed by atoms with van der Waals surface area (Å²) < 4.78 is 37.9. The fraction of sp³-hybridized carbons (Fsp3) is 0.500. The number of rotatable bonds is 10. The number of benzene rings is 2. The van der Waals surface area contributed by atoms with Gasteiger partial charge in [-0.15, -0.1) is 0 Å². The van der Waals surface area contributed by atoms with E-state index < -0.39 is 0 Å². The maximum Gasteiger partial charge on any atom is 0.225 e. The number of carbonyl (C=O) groups is 1. The molecule has 0 spiro atoms. The summed E-state index contributed by atoms with van der Waals surface area (Å²) in [6, 6.07) is 12.2. The zero-order valence-electron chi connectivity index (χ0n) is 23.5. The number of halogens is 1. The Labute approximate surface area is 235 Å². The minimum absolute atomic E-state index is 0.0570. The number of piperidine rings is 1. The second-order valence-corrected chi connectivity index (χ2v) is 10.7. The molecule has 0 radical (unpaired) electrons. The van der Waals surface area contributed by atoms with Crippen molar-refractivity contribution in [2.24, 2.45) is 5.92 Å². The van der Waals surface area contributed by atoms with E-state index >= 15 is 0 Å². The van der Waals surface area contributed by atoms with Gasteiger partial charge in [-0.05, 0) is 56.5 Å². The van der Waals surface area contributed by atoms with Crippen molar-refractivity contribution in [2.75, 3.05) is 32.9 Å². The van der Waals surface area contributed by atoms with Gasteiger partial charge >= 0.3 is 0 Å². The molecule has 3 heterocycles. The molecule has 0 atom stereocenters. The van der Waals surface area contributed by atoms with Crippen LogP contribution in [-0.2, 0) is 16.1 Å². The maximum atomic E-state index is 14.0. The summed E-state index contributed by atoms with van der Waals surface area (Å²) in [7, 11) is 0. The van der Waals surface area contributed by atoms with E-state index in [4.69, 9.17) is 23.9 Å². The molecule has 2 fully saturated rings. The summed E-state index contributed by atoms with van der Waals surface area (Å²) >= 11 is 0. The van der Waals surface area contributed by atoms with Crippen LogP contribution in [0.3, 0.4) is 0 Å². The Morgan fingerprint density at radius 2 is 1.82 bits per heavy atom. The van der Waals surface area contributed by atoms with Gasteiger partial charge in [0.25, 0.3) is 0 Å². The van der Waals surface area contributed by atoms with Crippen molar-refractivity contribution in [3.8, 4) is 17.2 Å². The van der Waals surface area contributed by atoms with Crippen molar-refractivity contribution >= 4 is 16.8 Å². The Kier molecular flexibility index (Phi) is 9.37. The summed E-state index contributed by atoms with van der Waals surface area (Å²) in [6.45, 7) is 7.66. The molecule has 1 amide bonds. The van der Waals surface area contributed by atoms with E-state index in [9.17, 15) is 9.18 Å². The summed E-state index contributed by atoms with van der Waals surface area (Å²) in [5.41, 5.74) is 2.28. The van der Waals surface area contributed by atoms with Gasteiger partial charge in [0.05, 0.1) is 17.8 Å². The smallest absolute Gasteiger partial charge is 0.225 e. The van der Waals surface area contributed by atoms with E-state index in [2.05, 4.69) is 6.92 Å². The van der Waals surface area contributed by atoms with E-state index in [1.54, 1.807) is 6.07 Å². The lowest BCUT2D eigenvalue weighted by Gasteiger charge is -2.35. The highest BCUT2D eigenvalue weighted by Gasteiger charge is 2.30. The Hall–Kier alpha value is -3.39. The summed E-state index contributed by atoms with van der Waals surface area (Å²) in [6.07, 6.45) is 5.25. The number of carbonyl (C=O) groups excluding carboxylic acids is 1. The van der Waals surface area contributed by atoms with E-state index in [-0.39, 0.29) is 30.4 Å². The third-order valence-corrected chi connectivity index (χ3v) is 7.78. The lowest BCUT2D eigenvalue weighted by atomic mass is 9.97. The summed E-state index contributed by atoms with van der Waals surface area (Å²) in [4.78, 5) is 19.6. The number of aromatic nitrogens is 1. The zero-order chi connectivity index (χ0) is 27.9. The van der Waals surface area contributed by atoms with Gasteiger partial charge in [-0.1, -0.05) is 19.4 Å². The molecule has 2 aliphatic rings. The minimum atomic E-state index is -0.313. The molecule has 2 aromatic carbocycles. The fourth-order valence-electron chi connectivity index (χ4n) is 5.37. The third-order valence-electron chi connectivity index (χ3n) is 7.78. The first-order valence-corrected chi connectivity index (χ1v) is 14.5. The highest BCUT2D eigenvalue weighted by Crippen LogP contribution is 2.32. The quantitative estimate of drug-likeness (QED) is 0.279. The number of pyridine rings is 1. The molecule has 0 N–H and O–H groups in total. The second kappa shape index (κ2) is 13.3. The predicted molar refractivity (Wildman–Crippen MR) is 151 cm³/mol. The largest absolute Gasteiger partial charge is 0.493 e. The van der Waals surface area contributed by atoms with Crippen LogP contribution in [0.2, 0.25) is 0 Å². The average molecular weight is 551 g/mol. The van der Waals surface area contributed by atoms with Crippen molar-refractivity contribution < 1.29 is 28.1 Å². The van der Waals surface area contributed by atoms with Crippen molar-refractivity contribution in [1.29, 1.82) is 0 Å². The zero-order valence-corrected chi connectivity index (χ0v) is 23.5.